The van der Waals surface area contributed by atoms with Crippen LogP contribution >= 0.6 is 0 Å². The number of amides is 1. The van der Waals surface area contributed by atoms with E-state index in [-0.39, 0.29) is 5.91 Å². The fourth-order valence-electron chi connectivity index (χ4n) is 1.84. The lowest BCUT2D eigenvalue weighted by molar-refractivity contribution is 0.0952. The van der Waals surface area contributed by atoms with E-state index in [9.17, 15) is 4.79 Å². The van der Waals surface area contributed by atoms with Gasteiger partial charge in [-0.3, -0.25) is 4.79 Å². The molecule has 1 aromatic carbocycles. The first-order chi connectivity index (χ1) is 9.27. The maximum absolute atomic E-state index is 11.8. The van der Waals surface area contributed by atoms with Crippen LogP contribution < -0.4 is 11.1 Å². The van der Waals surface area contributed by atoms with Crippen LogP contribution in [-0.2, 0) is 11.2 Å². The highest BCUT2D eigenvalue weighted by molar-refractivity contribution is 5.94. The highest BCUT2D eigenvalue weighted by Gasteiger charge is 2.04. The molecule has 106 valence electrons. The van der Waals surface area contributed by atoms with Gasteiger partial charge in [-0.15, -0.1) is 0 Å². The molecule has 0 saturated heterocycles. The molecule has 0 fully saturated rings. The summed E-state index contributed by atoms with van der Waals surface area (Å²) in [5.41, 5.74) is 7.36. The van der Waals surface area contributed by atoms with Crippen molar-refractivity contribution in [3.63, 3.8) is 0 Å². The Morgan fingerprint density at radius 2 is 1.95 bits per heavy atom. The lowest BCUT2D eigenvalue weighted by Gasteiger charge is -2.06. The summed E-state index contributed by atoms with van der Waals surface area (Å²) in [6, 6.07) is 7.62. The van der Waals surface area contributed by atoms with Crippen molar-refractivity contribution in [2.75, 3.05) is 26.8 Å². The molecule has 1 amide bonds. The topological polar surface area (TPSA) is 64.3 Å². The van der Waals surface area contributed by atoms with Gasteiger partial charge in [-0.1, -0.05) is 12.1 Å². The smallest absolute Gasteiger partial charge is 0.251 e. The first-order valence-electron chi connectivity index (χ1n) is 6.84. The van der Waals surface area contributed by atoms with Crippen LogP contribution in [0.2, 0.25) is 0 Å². The van der Waals surface area contributed by atoms with Crippen molar-refractivity contribution in [1.29, 1.82) is 0 Å². The largest absolute Gasteiger partial charge is 0.385 e. The van der Waals surface area contributed by atoms with Gasteiger partial charge in [0.15, 0.2) is 0 Å². The second kappa shape index (κ2) is 9.53. The predicted octanol–water partition coefficient (Wildman–Crippen LogP) is 1.73. The highest BCUT2D eigenvalue weighted by atomic mass is 16.5. The van der Waals surface area contributed by atoms with E-state index >= 15 is 0 Å². The summed E-state index contributed by atoms with van der Waals surface area (Å²) in [6.07, 6.45) is 3.95. The average Bonchev–Trinajstić information content (AvgIpc) is 2.43. The number of nitrogens with one attached hydrogen (secondary N) is 1. The lowest BCUT2D eigenvalue weighted by Crippen LogP contribution is -2.24. The zero-order valence-corrected chi connectivity index (χ0v) is 11.7. The number of nitrogens with two attached hydrogens (primary N) is 1. The number of hydrogen-bond acceptors (Lipinski definition) is 3. The Morgan fingerprint density at radius 1 is 1.21 bits per heavy atom. The summed E-state index contributed by atoms with van der Waals surface area (Å²) in [7, 11) is 1.70. The summed E-state index contributed by atoms with van der Waals surface area (Å²) in [5.74, 6) is -0.00830. The highest BCUT2D eigenvalue weighted by Crippen LogP contribution is 2.05. The van der Waals surface area contributed by atoms with Gasteiger partial charge in [0.2, 0.25) is 0 Å². The summed E-state index contributed by atoms with van der Waals surface area (Å²) in [6.45, 7) is 2.14. The number of carbonyl (C=O) groups excluding carboxylic acids is 1. The van der Waals surface area contributed by atoms with Gasteiger partial charge >= 0.3 is 0 Å². The SMILES string of the molecule is COCCCCCNC(=O)c1ccc(CCN)cc1. The number of rotatable bonds is 9. The minimum Gasteiger partial charge on any atom is -0.385 e. The van der Waals surface area contributed by atoms with Crippen LogP contribution in [0.15, 0.2) is 24.3 Å². The van der Waals surface area contributed by atoms with E-state index in [0.717, 1.165) is 32.3 Å². The molecule has 0 aliphatic carbocycles. The zero-order valence-electron chi connectivity index (χ0n) is 11.7. The Bertz CT molecular complexity index is 363. The monoisotopic (exact) mass is 264 g/mol. The molecule has 0 aliphatic heterocycles. The van der Waals surface area contributed by atoms with Gasteiger partial charge in [-0.25, -0.2) is 0 Å². The fraction of sp³-hybridized carbons (Fsp3) is 0.533. The quantitative estimate of drug-likeness (QED) is 0.668. The number of benzene rings is 1. The molecule has 0 radical (unpaired) electrons. The second-order valence-electron chi connectivity index (χ2n) is 4.54. The zero-order chi connectivity index (χ0) is 13.9. The van der Waals surface area contributed by atoms with Crippen LogP contribution in [0.25, 0.3) is 0 Å². The normalized spacial score (nSPS) is 10.4. The van der Waals surface area contributed by atoms with Gasteiger partial charge in [-0.2, -0.15) is 0 Å². The molecule has 0 saturated carbocycles. The number of methoxy groups -OCH3 is 1. The molecular formula is C15H24N2O2. The van der Waals surface area contributed by atoms with E-state index in [1.165, 1.54) is 5.56 Å². The van der Waals surface area contributed by atoms with Gasteiger partial charge in [0.1, 0.15) is 0 Å². The van der Waals surface area contributed by atoms with E-state index in [2.05, 4.69) is 5.32 Å². The maximum Gasteiger partial charge on any atom is 0.251 e. The Labute approximate surface area is 115 Å². The van der Waals surface area contributed by atoms with Crippen molar-refractivity contribution in [1.82, 2.24) is 5.32 Å². The van der Waals surface area contributed by atoms with E-state index < -0.39 is 0 Å². The molecule has 0 spiro atoms. The molecule has 3 N–H and O–H groups in total. The van der Waals surface area contributed by atoms with E-state index in [0.29, 0.717) is 18.7 Å². The summed E-state index contributed by atoms with van der Waals surface area (Å²) >= 11 is 0. The molecule has 0 unspecified atom stereocenters. The average molecular weight is 264 g/mol. The summed E-state index contributed by atoms with van der Waals surface area (Å²) < 4.78 is 4.97. The minimum absolute atomic E-state index is 0.00830. The van der Waals surface area contributed by atoms with Crippen molar-refractivity contribution in [3.8, 4) is 0 Å². The third kappa shape index (κ3) is 6.36. The molecule has 0 bridgehead atoms. The summed E-state index contributed by atoms with van der Waals surface area (Å²) in [5, 5.41) is 2.92. The van der Waals surface area contributed by atoms with Crippen molar-refractivity contribution in [3.05, 3.63) is 35.4 Å². The number of ether oxygens (including phenoxy) is 1. The van der Waals surface area contributed by atoms with E-state index in [4.69, 9.17) is 10.5 Å². The minimum atomic E-state index is -0.00830. The molecular weight excluding hydrogens is 240 g/mol. The Hall–Kier alpha value is -1.39. The van der Waals surface area contributed by atoms with Gasteiger partial charge < -0.3 is 15.8 Å². The number of carbonyl (C=O) groups is 1. The van der Waals surface area contributed by atoms with Crippen LogP contribution in [0, 0.1) is 0 Å². The maximum atomic E-state index is 11.8. The molecule has 0 aromatic heterocycles. The van der Waals surface area contributed by atoms with E-state index in [1.807, 2.05) is 24.3 Å². The van der Waals surface area contributed by atoms with Crippen LogP contribution in [0.3, 0.4) is 0 Å². The lowest BCUT2D eigenvalue weighted by atomic mass is 10.1. The van der Waals surface area contributed by atoms with Gasteiger partial charge in [0.05, 0.1) is 0 Å². The van der Waals surface area contributed by atoms with E-state index in [1.54, 1.807) is 7.11 Å². The van der Waals surface area contributed by atoms with Crippen LogP contribution in [-0.4, -0.2) is 32.7 Å². The molecule has 4 nitrogen and oxygen atoms in total. The van der Waals surface area contributed by atoms with Crippen molar-refractivity contribution >= 4 is 5.91 Å². The van der Waals surface area contributed by atoms with Gasteiger partial charge in [0, 0.05) is 25.8 Å². The molecule has 19 heavy (non-hydrogen) atoms. The van der Waals surface area contributed by atoms with Gasteiger partial charge in [-0.05, 0) is 49.9 Å². The predicted molar refractivity (Wildman–Crippen MR) is 77.3 cm³/mol. The Balaban J connectivity index is 2.25. The third-order valence-corrected chi connectivity index (χ3v) is 2.96. The van der Waals surface area contributed by atoms with Gasteiger partial charge in [0.25, 0.3) is 5.91 Å². The Kier molecular flexibility index (Phi) is 7.86. The molecule has 0 atom stereocenters. The number of unbranched alkanes of at least 4 members (excludes halogenated alkanes) is 2. The Morgan fingerprint density at radius 3 is 2.58 bits per heavy atom. The third-order valence-electron chi connectivity index (χ3n) is 2.96. The summed E-state index contributed by atoms with van der Waals surface area (Å²) in [4.78, 5) is 11.8. The van der Waals surface area contributed by atoms with Crippen molar-refractivity contribution in [2.45, 2.75) is 25.7 Å². The van der Waals surface area contributed by atoms with Crippen LogP contribution in [0.4, 0.5) is 0 Å². The molecule has 0 heterocycles. The molecule has 1 aromatic rings. The molecule has 1 rings (SSSR count). The van der Waals surface area contributed by atoms with Crippen LogP contribution in [0.5, 0.6) is 0 Å². The fourth-order valence-corrected chi connectivity index (χ4v) is 1.84. The van der Waals surface area contributed by atoms with Crippen molar-refractivity contribution < 1.29 is 9.53 Å². The first kappa shape index (κ1) is 15.7. The second-order valence-corrected chi connectivity index (χ2v) is 4.54. The standard InChI is InChI=1S/C15H24N2O2/c1-19-12-4-2-3-11-17-15(18)14-7-5-13(6-8-14)9-10-16/h5-8H,2-4,9-12,16H2,1H3,(H,17,18). The van der Waals surface area contributed by atoms with Crippen LogP contribution in [0.1, 0.15) is 35.2 Å². The van der Waals surface area contributed by atoms with Crippen molar-refractivity contribution in [2.24, 2.45) is 5.73 Å². The number of hydrogen-bond donors (Lipinski definition) is 2. The molecule has 0 aliphatic rings. The molecule has 4 heteroatoms. The first-order valence-corrected chi connectivity index (χ1v) is 6.84.